The molecule has 1 aromatic rings. The number of carbonyl (C=O) groups is 2. The van der Waals surface area contributed by atoms with E-state index in [0.717, 1.165) is 12.0 Å². The summed E-state index contributed by atoms with van der Waals surface area (Å²) in [7, 11) is 0. The molecular formula is C21H29NO4. The molecule has 1 aliphatic heterocycles. The Morgan fingerprint density at radius 2 is 1.81 bits per heavy atom. The topological polar surface area (TPSA) is 66.8 Å². The molecule has 1 aliphatic carbocycles. The van der Waals surface area contributed by atoms with Gasteiger partial charge in [-0.05, 0) is 37.2 Å². The lowest BCUT2D eigenvalue weighted by Gasteiger charge is -2.39. The molecule has 1 saturated carbocycles. The van der Waals surface area contributed by atoms with E-state index in [9.17, 15) is 14.7 Å². The molecule has 0 bridgehead atoms. The van der Waals surface area contributed by atoms with Crippen molar-refractivity contribution < 1.29 is 19.4 Å². The summed E-state index contributed by atoms with van der Waals surface area (Å²) in [5.41, 5.74) is -0.0663. The van der Waals surface area contributed by atoms with Gasteiger partial charge in [-0.2, -0.15) is 0 Å². The van der Waals surface area contributed by atoms with Crippen LogP contribution in [0, 0.1) is 5.92 Å². The van der Waals surface area contributed by atoms with E-state index >= 15 is 0 Å². The molecule has 0 unspecified atom stereocenters. The van der Waals surface area contributed by atoms with Crippen molar-refractivity contribution in [2.75, 3.05) is 19.7 Å². The van der Waals surface area contributed by atoms with Gasteiger partial charge in [0.15, 0.2) is 0 Å². The van der Waals surface area contributed by atoms with Gasteiger partial charge in [0.2, 0.25) is 5.91 Å². The molecule has 1 heterocycles. The number of aliphatic carboxylic acids is 1. The van der Waals surface area contributed by atoms with E-state index in [-0.39, 0.29) is 18.6 Å². The van der Waals surface area contributed by atoms with Gasteiger partial charge in [0.1, 0.15) is 6.61 Å². The van der Waals surface area contributed by atoms with Crippen molar-refractivity contribution in [1.82, 2.24) is 4.90 Å². The highest BCUT2D eigenvalue weighted by atomic mass is 16.5. The van der Waals surface area contributed by atoms with Crippen LogP contribution in [0.25, 0.3) is 0 Å². The minimum Gasteiger partial charge on any atom is -0.481 e. The van der Waals surface area contributed by atoms with Crippen LogP contribution in [0.1, 0.15) is 51.0 Å². The van der Waals surface area contributed by atoms with Crippen LogP contribution in [-0.4, -0.2) is 47.7 Å². The molecule has 26 heavy (non-hydrogen) atoms. The highest BCUT2D eigenvalue weighted by molar-refractivity contribution is 5.83. The fourth-order valence-electron chi connectivity index (χ4n) is 4.32. The van der Waals surface area contributed by atoms with E-state index in [1.807, 2.05) is 30.3 Å². The Hall–Kier alpha value is -1.88. The molecule has 2 fully saturated rings. The highest BCUT2D eigenvalue weighted by Gasteiger charge is 2.43. The number of hydrogen-bond donors (Lipinski definition) is 1. The Bertz CT molecular complexity index is 622. The third kappa shape index (κ3) is 3.93. The molecule has 0 spiro atoms. The Balaban J connectivity index is 1.56. The summed E-state index contributed by atoms with van der Waals surface area (Å²) in [6.45, 7) is 3.23. The largest absolute Gasteiger partial charge is 0.481 e. The monoisotopic (exact) mass is 359 g/mol. The first-order valence-corrected chi connectivity index (χ1v) is 9.71. The minimum atomic E-state index is -0.892. The van der Waals surface area contributed by atoms with Crippen LogP contribution < -0.4 is 0 Å². The number of rotatable bonds is 5. The van der Waals surface area contributed by atoms with E-state index in [4.69, 9.17) is 4.74 Å². The Kier molecular flexibility index (Phi) is 5.97. The van der Waals surface area contributed by atoms with E-state index in [1.165, 1.54) is 19.3 Å². The molecule has 0 aromatic heterocycles. The first-order valence-electron chi connectivity index (χ1n) is 9.71. The fourth-order valence-corrected chi connectivity index (χ4v) is 4.32. The number of benzene rings is 1. The third-order valence-electron chi connectivity index (χ3n) is 6.16. The summed E-state index contributed by atoms with van der Waals surface area (Å²) in [6, 6.07) is 9.38. The van der Waals surface area contributed by atoms with Crippen molar-refractivity contribution in [3.05, 3.63) is 35.9 Å². The van der Waals surface area contributed by atoms with Crippen molar-refractivity contribution in [3.63, 3.8) is 0 Å². The number of carboxylic acids is 1. The number of hydrogen-bond acceptors (Lipinski definition) is 3. The Labute approximate surface area is 155 Å². The first kappa shape index (κ1) is 18.9. The maximum absolute atomic E-state index is 12.5. The van der Waals surface area contributed by atoms with Crippen LogP contribution in [0.5, 0.6) is 0 Å². The molecule has 3 rings (SSSR count). The van der Waals surface area contributed by atoms with Crippen molar-refractivity contribution in [3.8, 4) is 0 Å². The van der Waals surface area contributed by atoms with Crippen molar-refractivity contribution in [1.29, 1.82) is 0 Å². The van der Waals surface area contributed by atoms with Crippen molar-refractivity contribution in [2.45, 2.75) is 57.0 Å². The van der Waals surface area contributed by atoms with Gasteiger partial charge in [0.05, 0.1) is 11.5 Å². The number of amides is 1. The SMILES string of the molecule is C[C@H]1CCCC[C@@H]1OCC(=O)N1CCC(C(=O)O)(c2ccccc2)CC1. The third-order valence-corrected chi connectivity index (χ3v) is 6.16. The summed E-state index contributed by atoms with van der Waals surface area (Å²) >= 11 is 0. The lowest BCUT2D eigenvalue weighted by molar-refractivity contribution is -0.150. The maximum atomic E-state index is 12.5. The Morgan fingerprint density at radius 3 is 2.42 bits per heavy atom. The van der Waals surface area contributed by atoms with Crippen LogP contribution in [0.3, 0.4) is 0 Å². The average Bonchev–Trinajstić information content (AvgIpc) is 2.67. The molecule has 5 heteroatoms. The van der Waals surface area contributed by atoms with Crippen LogP contribution in [0.2, 0.25) is 0 Å². The molecule has 5 nitrogen and oxygen atoms in total. The van der Waals surface area contributed by atoms with E-state index in [0.29, 0.717) is 31.8 Å². The van der Waals surface area contributed by atoms with Gasteiger partial charge in [-0.1, -0.05) is 50.1 Å². The standard InChI is InChI=1S/C21H29NO4/c1-16-7-5-6-10-18(16)26-15-19(23)22-13-11-21(12-14-22,20(24)25)17-8-3-2-4-9-17/h2-4,8-9,16,18H,5-7,10-15H2,1H3,(H,24,25)/t16-,18-/m0/s1. The van der Waals surface area contributed by atoms with Gasteiger partial charge in [0, 0.05) is 13.1 Å². The van der Waals surface area contributed by atoms with Gasteiger partial charge < -0.3 is 14.7 Å². The fraction of sp³-hybridized carbons (Fsp3) is 0.619. The van der Waals surface area contributed by atoms with Gasteiger partial charge >= 0.3 is 5.97 Å². The van der Waals surface area contributed by atoms with Gasteiger partial charge in [-0.15, -0.1) is 0 Å². The second-order valence-electron chi connectivity index (χ2n) is 7.75. The molecule has 1 saturated heterocycles. The molecule has 2 atom stereocenters. The smallest absolute Gasteiger partial charge is 0.314 e. The second-order valence-corrected chi connectivity index (χ2v) is 7.75. The average molecular weight is 359 g/mol. The number of ether oxygens (including phenoxy) is 1. The Morgan fingerprint density at radius 1 is 1.15 bits per heavy atom. The molecular weight excluding hydrogens is 330 g/mol. The molecule has 1 amide bonds. The van der Waals surface area contributed by atoms with E-state index in [1.54, 1.807) is 4.90 Å². The molecule has 142 valence electrons. The molecule has 2 aliphatic rings. The summed E-state index contributed by atoms with van der Waals surface area (Å²) in [5, 5.41) is 9.84. The van der Waals surface area contributed by atoms with Gasteiger partial charge in [-0.3, -0.25) is 9.59 Å². The van der Waals surface area contributed by atoms with Crippen LogP contribution in [0.15, 0.2) is 30.3 Å². The number of likely N-dealkylation sites (tertiary alicyclic amines) is 1. The van der Waals surface area contributed by atoms with E-state index < -0.39 is 11.4 Å². The molecule has 0 radical (unpaired) electrons. The normalized spacial score (nSPS) is 25.7. The lowest BCUT2D eigenvalue weighted by Crippen LogP contribution is -2.50. The zero-order chi connectivity index (χ0) is 18.6. The predicted octanol–water partition coefficient (Wildman–Crippen LogP) is 3.23. The lowest BCUT2D eigenvalue weighted by atomic mass is 9.73. The van der Waals surface area contributed by atoms with Crippen LogP contribution in [0.4, 0.5) is 0 Å². The first-order chi connectivity index (χ1) is 12.5. The summed E-state index contributed by atoms with van der Waals surface area (Å²) in [4.78, 5) is 26.3. The van der Waals surface area contributed by atoms with Gasteiger partial charge in [0.25, 0.3) is 0 Å². The van der Waals surface area contributed by atoms with Crippen molar-refractivity contribution in [2.24, 2.45) is 5.92 Å². The molecule has 1 N–H and O–H groups in total. The zero-order valence-electron chi connectivity index (χ0n) is 15.5. The number of carboxylic acid groups (broad SMARTS) is 1. The summed E-state index contributed by atoms with van der Waals surface area (Å²) in [6.07, 6.45) is 5.68. The molecule has 1 aromatic carbocycles. The predicted molar refractivity (Wildman–Crippen MR) is 98.9 cm³/mol. The summed E-state index contributed by atoms with van der Waals surface area (Å²) in [5.74, 6) is -0.312. The maximum Gasteiger partial charge on any atom is 0.314 e. The zero-order valence-corrected chi connectivity index (χ0v) is 15.5. The van der Waals surface area contributed by atoms with Crippen molar-refractivity contribution >= 4 is 11.9 Å². The number of carbonyl (C=O) groups excluding carboxylic acids is 1. The number of piperidine rings is 1. The van der Waals surface area contributed by atoms with Crippen LogP contribution in [-0.2, 0) is 19.7 Å². The quantitative estimate of drug-likeness (QED) is 0.876. The van der Waals surface area contributed by atoms with E-state index in [2.05, 4.69) is 6.92 Å². The summed E-state index contributed by atoms with van der Waals surface area (Å²) < 4.78 is 5.89. The highest BCUT2D eigenvalue weighted by Crippen LogP contribution is 2.36. The minimum absolute atomic E-state index is 0.0187. The second kappa shape index (κ2) is 8.21. The number of nitrogens with zero attached hydrogens (tertiary/aromatic N) is 1. The van der Waals surface area contributed by atoms with Gasteiger partial charge in [-0.25, -0.2) is 0 Å². The van der Waals surface area contributed by atoms with Crippen LogP contribution >= 0.6 is 0 Å².